The highest BCUT2D eigenvalue weighted by Gasteiger charge is 2.52. The number of carboxylic acid groups (broad SMARTS) is 1. The van der Waals surface area contributed by atoms with E-state index >= 15 is 0 Å². The number of rotatable bonds is 13. The van der Waals surface area contributed by atoms with Gasteiger partial charge < -0.3 is 20.1 Å². The van der Waals surface area contributed by atoms with Crippen LogP contribution in [-0.4, -0.2) is 46.2 Å². The molecule has 1 rings (SSSR count). The molecule has 0 bridgehead atoms. The molecule has 130 valence electrons. The normalized spacial score (nSPS) is 23.8. The van der Waals surface area contributed by atoms with E-state index in [1.54, 1.807) is 0 Å². The van der Waals surface area contributed by atoms with Crippen molar-refractivity contribution in [2.75, 3.05) is 13.2 Å². The average Bonchev–Trinajstić information content (AvgIpc) is 2.44. The number of aliphatic carboxylic acids is 1. The van der Waals surface area contributed by atoms with Gasteiger partial charge in [0.25, 0.3) is 0 Å². The Kier molecular flexibility index (Phi) is 8.98. The zero-order valence-electron chi connectivity index (χ0n) is 13.8. The summed E-state index contributed by atoms with van der Waals surface area (Å²) in [6, 6.07) is 0. The van der Waals surface area contributed by atoms with Crippen LogP contribution in [0.25, 0.3) is 0 Å². The van der Waals surface area contributed by atoms with Crippen LogP contribution in [0.2, 0.25) is 0 Å². The molecule has 3 atom stereocenters. The summed E-state index contributed by atoms with van der Waals surface area (Å²) in [5.41, 5.74) is -1.14. The Morgan fingerprint density at radius 2 is 1.77 bits per heavy atom. The molecular formula is C17H32O5. The summed E-state index contributed by atoms with van der Waals surface area (Å²) in [7, 11) is 0. The lowest BCUT2D eigenvalue weighted by molar-refractivity contribution is -0.214. The van der Waals surface area contributed by atoms with E-state index in [1.807, 2.05) is 0 Å². The van der Waals surface area contributed by atoms with Crippen molar-refractivity contribution in [1.82, 2.24) is 0 Å². The van der Waals surface area contributed by atoms with Crippen molar-refractivity contribution in [1.29, 1.82) is 0 Å². The van der Waals surface area contributed by atoms with Gasteiger partial charge in [0, 0.05) is 12.3 Å². The third-order valence-corrected chi connectivity index (χ3v) is 4.78. The van der Waals surface area contributed by atoms with E-state index < -0.39 is 17.7 Å². The topological polar surface area (TPSA) is 87.0 Å². The molecular weight excluding hydrogens is 284 g/mol. The minimum absolute atomic E-state index is 0.225. The summed E-state index contributed by atoms with van der Waals surface area (Å²) in [6.07, 6.45) is 8.89. The van der Waals surface area contributed by atoms with Gasteiger partial charge in [0.2, 0.25) is 0 Å². The summed E-state index contributed by atoms with van der Waals surface area (Å²) in [5, 5.41) is 28.2. The van der Waals surface area contributed by atoms with Crippen molar-refractivity contribution in [3.8, 4) is 0 Å². The van der Waals surface area contributed by atoms with E-state index in [1.165, 1.54) is 32.1 Å². The SMILES string of the molecule is CCCCCCCCCC(CC(O)CO)C1(C(=O)O)CCO1. The van der Waals surface area contributed by atoms with Crippen LogP contribution >= 0.6 is 0 Å². The van der Waals surface area contributed by atoms with Crippen molar-refractivity contribution in [2.24, 2.45) is 5.92 Å². The number of aliphatic hydroxyl groups excluding tert-OH is 2. The summed E-state index contributed by atoms with van der Waals surface area (Å²) < 4.78 is 5.41. The van der Waals surface area contributed by atoms with E-state index in [2.05, 4.69) is 6.92 Å². The molecule has 1 aliphatic heterocycles. The standard InChI is InChI=1S/C17H32O5/c1-2-3-4-5-6-7-8-9-14(12-15(19)13-18)17(16(20)21)10-11-22-17/h14-15,18-19H,2-13H2,1H3,(H,20,21). The Balaban J connectivity index is 2.40. The van der Waals surface area contributed by atoms with E-state index in [0.29, 0.717) is 19.4 Å². The van der Waals surface area contributed by atoms with Crippen LogP contribution in [0.4, 0.5) is 0 Å². The van der Waals surface area contributed by atoms with Crippen molar-refractivity contribution in [3.63, 3.8) is 0 Å². The van der Waals surface area contributed by atoms with Crippen molar-refractivity contribution < 1.29 is 24.9 Å². The summed E-state index contributed by atoms with van der Waals surface area (Å²) >= 11 is 0. The molecule has 5 heteroatoms. The maximum atomic E-state index is 11.6. The molecule has 3 N–H and O–H groups in total. The lowest BCUT2D eigenvalue weighted by Gasteiger charge is -2.44. The predicted octanol–water partition coefficient (Wildman–Crippen LogP) is 2.73. The lowest BCUT2D eigenvalue weighted by Crippen LogP contribution is -2.57. The first kappa shape index (κ1) is 19.4. The first-order valence-corrected chi connectivity index (χ1v) is 8.73. The predicted molar refractivity (Wildman–Crippen MR) is 84.7 cm³/mol. The molecule has 1 heterocycles. The van der Waals surface area contributed by atoms with E-state index in [-0.39, 0.29) is 12.5 Å². The molecule has 0 aliphatic carbocycles. The lowest BCUT2D eigenvalue weighted by atomic mass is 9.75. The van der Waals surface area contributed by atoms with Gasteiger partial charge in [-0.05, 0) is 12.8 Å². The van der Waals surface area contributed by atoms with Gasteiger partial charge in [-0.15, -0.1) is 0 Å². The number of ether oxygens (including phenoxy) is 1. The molecule has 0 amide bonds. The molecule has 1 aliphatic rings. The zero-order valence-corrected chi connectivity index (χ0v) is 13.8. The summed E-state index contributed by atoms with van der Waals surface area (Å²) in [5.74, 6) is -1.16. The molecule has 1 saturated heterocycles. The highest BCUT2D eigenvalue weighted by Crippen LogP contribution is 2.40. The fourth-order valence-electron chi connectivity index (χ4n) is 3.28. The number of hydrogen-bond donors (Lipinski definition) is 3. The third kappa shape index (κ3) is 5.52. The summed E-state index contributed by atoms with van der Waals surface area (Å²) in [4.78, 5) is 11.6. The number of carboxylic acids is 1. The van der Waals surface area contributed by atoms with Crippen LogP contribution < -0.4 is 0 Å². The molecule has 3 unspecified atom stereocenters. The zero-order chi connectivity index (χ0) is 16.4. The third-order valence-electron chi connectivity index (χ3n) is 4.78. The Bertz CT molecular complexity index is 314. The fraction of sp³-hybridized carbons (Fsp3) is 0.941. The molecule has 0 aromatic heterocycles. The maximum Gasteiger partial charge on any atom is 0.336 e. The van der Waals surface area contributed by atoms with Gasteiger partial charge in [-0.25, -0.2) is 4.79 Å². The average molecular weight is 316 g/mol. The Morgan fingerprint density at radius 3 is 2.23 bits per heavy atom. The second-order valence-corrected chi connectivity index (χ2v) is 6.47. The fourth-order valence-corrected chi connectivity index (χ4v) is 3.28. The molecule has 0 aromatic carbocycles. The molecule has 0 radical (unpaired) electrons. The number of unbranched alkanes of at least 4 members (excludes halogenated alkanes) is 6. The second kappa shape index (κ2) is 10.2. The minimum atomic E-state index is -1.14. The van der Waals surface area contributed by atoms with Crippen molar-refractivity contribution in [2.45, 2.75) is 82.8 Å². The van der Waals surface area contributed by atoms with Crippen LogP contribution in [0.5, 0.6) is 0 Å². The van der Waals surface area contributed by atoms with Gasteiger partial charge in [-0.2, -0.15) is 0 Å². The van der Waals surface area contributed by atoms with Crippen LogP contribution in [0.15, 0.2) is 0 Å². The van der Waals surface area contributed by atoms with Crippen LogP contribution in [0.1, 0.15) is 71.1 Å². The van der Waals surface area contributed by atoms with Gasteiger partial charge in [-0.3, -0.25) is 0 Å². The van der Waals surface area contributed by atoms with Crippen molar-refractivity contribution in [3.05, 3.63) is 0 Å². The van der Waals surface area contributed by atoms with Crippen LogP contribution in [-0.2, 0) is 9.53 Å². The van der Waals surface area contributed by atoms with Gasteiger partial charge >= 0.3 is 5.97 Å². The first-order valence-electron chi connectivity index (χ1n) is 8.73. The first-order chi connectivity index (χ1) is 10.6. The monoisotopic (exact) mass is 316 g/mol. The quantitative estimate of drug-likeness (QED) is 0.455. The molecule has 0 saturated carbocycles. The molecule has 0 aromatic rings. The molecule has 5 nitrogen and oxygen atoms in total. The van der Waals surface area contributed by atoms with Gasteiger partial charge in [-0.1, -0.05) is 51.9 Å². The van der Waals surface area contributed by atoms with Crippen LogP contribution in [0.3, 0.4) is 0 Å². The highest BCUT2D eigenvalue weighted by molar-refractivity contribution is 5.78. The molecule has 0 spiro atoms. The number of aliphatic hydroxyl groups is 2. The molecule has 22 heavy (non-hydrogen) atoms. The van der Waals surface area contributed by atoms with E-state index in [9.17, 15) is 15.0 Å². The number of hydrogen-bond acceptors (Lipinski definition) is 4. The van der Waals surface area contributed by atoms with E-state index in [4.69, 9.17) is 9.84 Å². The van der Waals surface area contributed by atoms with Crippen LogP contribution in [0, 0.1) is 5.92 Å². The second-order valence-electron chi connectivity index (χ2n) is 6.47. The number of carbonyl (C=O) groups is 1. The van der Waals surface area contributed by atoms with Gasteiger partial charge in [0.1, 0.15) is 0 Å². The van der Waals surface area contributed by atoms with Crippen molar-refractivity contribution >= 4 is 5.97 Å². The Morgan fingerprint density at radius 1 is 1.18 bits per heavy atom. The highest BCUT2D eigenvalue weighted by atomic mass is 16.5. The molecule has 1 fully saturated rings. The maximum absolute atomic E-state index is 11.6. The van der Waals surface area contributed by atoms with Gasteiger partial charge in [0.15, 0.2) is 5.60 Å². The summed E-state index contributed by atoms with van der Waals surface area (Å²) in [6.45, 7) is 2.33. The van der Waals surface area contributed by atoms with E-state index in [0.717, 1.165) is 19.3 Å². The largest absolute Gasteiger partial charge is 0.479 e. The Hall–Kier alpha value is -0.650. The Labute approximate surface area is 133 Å². The smallest absolute Gasteiger partial charge is 0.336 e. The van der Waals surface area contributed by atoms with Gasteiger partial charge in [0.05, 0.1) is 19.3 Å². The minimum Gasteiger partial charge on any atom is -0.479 e.